The number of rotatable bonds is 2. The number of hydrogen-bond donors (Lipinski definition) is 2. The number of urea groups is 1. The predicted octanol–water partition coefficient (Wildman–Crippen LogP) is 4.35. The SMILES string of the molecule is Cc1ccc(-c2csc(NC(=O)NC(C)(C)C)n2)cc1C. The van der Waals surface area contributed by atoms with Crippen LogP contribution < -0.4 is 10.6 Å². The minimum atomic E-state index is -0.266. The molecule has 0 aliphatic rings. The molecule has 0 bridgehead atoms. The zero-order chi connectivity index (χ0) is 15.6. The number of anilines is 1. The molecule has 1 heterocycles. The Bertz CT molecular complexity index is 656. The standard InChI is InChI=1S/C16H21N3OS/c1-10-6-7-12(8-11(10)2)13-9-21-15(17-13)18-14(20)19-16(3,4)5/h6-9H,1-5H3,(H2,17,18,19,20). The lowest BCUT2D eigenvalue weighted by molar-refractivity contribution is 0.244. The second-order valence-electron chi connectivity index (χ2n) is 6.17. The molecule has 0 atom stereocenters. The molecule has 4 nitrogen and oxygen atoms in total. The van der Waals surface area contributed by atoms with Gasteiger partial charge < -0.3 is 5.32 Å². The molecule has 0 saturated carbocycles. The highest BCUT2D eigenvalue weighted by molar-refractivity contribution is 7.14. The molecular formula is C16H21N3OS. The van der Waals surface area contributed by atoms with Gasteiger partial charge >= 0.3 is 6.03 Å². The van der Waals surface area contributed by atoms with Gasteiger partial charge in [0, 0.05) is 16.5 Å². The first kappa shape index (κ1) is 15.5. The zero-order valence-electron chi connectivity index (χ0n) is 13.1. The molecule has 0 aliphatic heterocycles. The summed E-state index contributed by atoms with van der Waals surface area (Å²) in [5.41, 5.74) is 4.18. The van der Waals surface area contributed by atoms with E-state index < -0.39 is 0 Å². The van der Waals surface area contributed by atoms with Crippen molar-refractivity contribution in [3.8, 4) is 11.3 Å². The summed E-state index contributed by atoms with van der Waals surface area (Å²) >= 11 is 1.43. The molecule has 0 unspecified atom stereocenters. The van der Waals surface area contributed by atoms with Gasteiger partial charge in [-0.25, -0.2) is 9.78 Å². The highest BCUT2D eigenvalue weighted by Gasteiger charge is 2.15. The number of hydrogen-bond acceptors (Lipinski definition) is 3. The van der Waals surface area contributed by atoms with Crippen LogP contribution in [-0.4, -0.2) is 16.6 Å². The van der Waals surface area contributed by atoms with Gasteiger partial charge in [0.1, 0.15) is 0 Å². The van der Waals surface area contributed by atoms with E-state index in [9.17, 15) is 4.79 Å². The van der Waals surface area contributed by atoms with Crippen molar-refractivity contribution < 1.29 is 4.79 Å². The fourth-order valence-corrected chi connectivity index (χ4v) is 2.55. The van der Waals surface area contributed by atoms with Crippen LogP contribution in [0.2, 0.25) is 0 Å². The fourth-order valence-electron chi connectivity index (χ4n) is 1.83. The van der Waals surface area contributed by atoms with Crippen molar-refractivity contribution in [1.82, 2.24) is 10.3 Å². The van der Waals surface area contributed by atoms with Crippen molar-refractivity contribution >= 4 is 22.5 Å². The van der Waals surface area contributed by atoms with Gasteiger partial charge in [0.25, 0.3) is 0 Å². The van der Waals surface area contributed by atoms with E-state index in [0.29, 0.717) is 5.13 Å². The Morgan fingerprint density at radius 1 is 1.19 bits per heavy atom. The number of aromatic nitrogens is 1. The Morgan fingerprint density at radius 3 is 2.52 bits per heavy atom. The van der Waals surface area contributed by atoms with Gasteiger partial charge in [0.05, 0.1) is 5.69 Å². The first-order chi connectivity index (χ1) is 9.74. The number of aryl methyl sites for hydroxylation is 2. The lowest BCUT2D eigenvalue weighted by atomic mass is 10.1. The third-order valence-electron chi connectivity index (χ3n) is 3.02. The van der Waals surface area contributed by atoms with Crippen molar-refractivity contribution in [3.05, 3.63) is 34.7 Å². The number of nitrogens with one attached hydrogen (secondary N) is 2. The maximum atomic E-state index is 11.8. The van der Waals surface area contributed by atoms with E-state index >= 15 is 0 Å². The Balaban J connectivity index is 2.11. The van der Waals surface area contributed by atoms with Gasteiger partial charge in [0.15, 0.2) is 5.13 Å². The molecule has 1 aromatic heterocycles. The summed E-state index contributed by atoms with van der Waals surface area (Å²) in [6.45, 7) is 9.99. The number of thiazole rings is 1. The van der Waals surface area contributed by atoms with Crippen LogP contribution in [0.25, 0.3) is 11.3 Å². The molecule has 2 aromatic rings. The molecular weight excluding hydrogens is 282 g/mol. The average molecular weight is 303 g/mol. The lowest BCUT2D eigenvalue weighted by Gasteiger charge is -2.20. The average Bonchev–Trinajstić information content (AvgIpc) is 2.78. The van der Waals surface area contributed by atoms with Gasteiger partial charge in [-0.15, -0.1) is 11.3 Å². The van der Waals surface area contributed by atoms with Crippen LogP contribution in [0.5, 0.6) is 0 Å². The Morgan fingerprint density at radius 2 is 1.90 bits per heavy atom. The number of carbonyl (C=O) groups is 1. The molecule has 0 aliphatic carbocycles. The maximum Gasteiger partial charge on any atom is 0.321 e. The summed E-state index contributed by atoms with van der Waals surface area (Å²) in [6.07, 6.45) is 0. The lowest BCUT2D eigenvalue weighted by Crippen LogP contribution is -2.43. The van der Waals surface area contributed by atoms with Gasteiger partial charge in [0.2, 0.25) is 0 Å². The molecule has 5 heteroatoms. The monoisotopic (exact) mass is 303 g/mol. The Labute approximate surface area is 129 Å². The summed E-state index contributed by atoms with van der Waals surface area (Å²) in [7, 11) is 0. The van der Waals surface area contributed by atoms with E-state index in [1.165, 1.54) is 22.5 Å². The molecule has 0 radical (unpaired) electrons. The Kier molecular flexibility index (Phi) is 4.32. The third-order valence-corrected chi connectivity index (χ3v) is 3.77. The van der Waals surface area contributed by atoms with E-state index in [1.54, 1.807) is 0 Å². The van der Waals surface area contributed by atoms with Crippen LogP contribution in [0.15, 0.2) is 23.6 Å². The number of carbonyl (C=O) groups excluding carboxylic acids is 1. The van der Waals surface area contributed by atoms with Crippen molar-refractivity contribution in [3.63, 3.8) is 0 Å². The molecule has 21 heavy (non-hydrogen) atoms. The summed E-state index contributed by atoms with van der Waals surface area (Å²) in [4.78, 5) is 16.3. The highest BCUT2D eigenvalue weighted by atomic mass is 32.1. The fraction of sp³-hybridized carbons (Fsp3) is 0.375. The molecule has 0 spiro atoms. The molecule has 2 amide bonds. The Hall–Kier alpha value is -1.88. The summed E-state index contributed by atoms with van der Waals surface area (Å²) in [5.74, 6) is 0. The van der Waals surface area contributed by atoms with E-state index in [1.807, 2.05) is 26.2 Å². The van der Waals surface area contributed by atoms with Crippen molar-refractivity contribution in [2.45, 2.75) is 40.2 Å². The maximum absolute atomic E-state index is 11.8. The van der Waals surface area contributed by atoms with Gasteiger partial charge in [-0.05, 0) is 51.8 Å². The molecule has 0 fully saturated rings. The zero-order valence-corrected chi connectivity index (χ0v) is 13.9. The summed E-state index contributed by atoms with van der Waals surface area (Å²) < 4.78 is 0. The predicted molar refractivity (Wildman–Crippen MR) is 88.9 cm³/mol. The van der Waals surface area contributed by atoms with Crippen LogP contribution >= 0.6 is 11.3 Å². The molecule has 0 saturated heterocycles. The van der Waals surface area contributed by atoms with Crippen molar-refractivity contribution in [2.75, 3.05) is 5.32 Å². The normalized spacial score (nSPS) is 11.3. The number of nitrogens with zero attached hydrogens (tertiary/aromatic N) is 1. The van der Waals surface area contributed by atoms with Gasteiger partial charge in [-0.1, -0.05) is 12.1 Å². The van der Waals surface area contributed by atoms with Crippen LogP contribution in [0, 0.1) is 13.8 Å². The molecule has 2 N–H and O–H groups in total. The second kappa shape index (κ2) is 5.85. The second-order valence-corrected chi connectivity index (χ2v) is 7.02. The van der Waals surface area contributed by atoms with Crippen molar-refractivity contribution in [1.29, 1.82) is 0 Å². The van der Waals surface area contributed by atoms with Gasteiger partial charge in [-0.2, -0.15) is 0 Å². The minimum absolute atomic E-state index is 0.233. The van der Waals surface area contributed by atoms with E-state index in [4.69, 9.17) is 0 Å². The van der Waals surface area contributed by atoms with Gasteiger partial charge in [-0.3, -0.25) is 5.32 Å². The van der Waals surface area contributed by atoms with Crippen LogP contribution in [0.4, 0.5) is 9.93 Å². The summed E-state index contributed by atoms with van der Waals surface area (Å²) in [6, 6.07) is 6.02. The third kappa shape index (κ3) is 4.29. The van der Waals surface area contributed by atoms with Crippen LogP contribution in [0.3, 0.4) is 0 Å². The molecule has 1 aromatic carbocycles. The molecule has 112 valence electrons. The quantitative estimate of drug-likeness (QED) is 0.866. The number of benzene rings is 1. The van der Waals surface area contributed by atoms with E-state index in [0.717, 1.165) is 11.3 Å². The number of amides is 2. The first-order valence-electron chi connectivity index (χ1n) is 6.87. The highest BCUT2D eigenvalue weighted by Crippen LogP contribution is 2.26. The van der Waals surface area contributed by atoms with Crippen molar-refractivity contribution in [2.24, 2.45) is 0 Å². The minimum Gasteiger partial charge on any atom is -0.333 e. The topological polar surface area (TPSA) is 54.0 Å². The van der Waals surface area contributed by atoms with E-state index in [-0.39, 0.29) is 11.6 Å². The van der Waals surface area contributed by atoms with Crippen LogP contribution in [-0.2, 0) is 0 Å². The van der Waals surface area contributed by atoms with Crippen LogP contribution in [0.1, 0.15) is 31.9 Å². The smallest absolute Gasteiger partial charge is 0.321 e. The molecule has 2 rings (SSSR count). The first-order valence-corrected chi connectivity index (χ1v) is 7.75. The largest absolute Gasteiger partial charge is 0.333 e. The summed E-state index contributed by atoms with van der Waals surface area (Å²) in [5, 5.41) is 8.18. The van der Waals surface area contributed by atoms with E-state index in [2.05, 4.69) is 47.7 Å².